The van der Waals surface area contributed by atoms with E-state index in [1.807, 2.05) is 0 Å². The minimum Gasteiger partial charge on any atom is -0.382 e. The maximum atomic E-state index is 3.76. The molecule has 1 aromatic carbocycles. The summed E-state index contributed by atoms with van der Waals surface area (Å²) in [5.41, 5.74) is 2.62. The third-order valence-electron chi connectivity index (χ3n) is 4.21. The van der Waals surface area contributed by atoms with Gasteiger partial charge in [0.1, 0.15) is 0 Å². The van der Waals surface area contributed by atoms with E-state index in [1.165, 1.54) is 47.8 Å². The predicted molar refractivity (Wildman–Crippen MR) is 87.7 cm³/mol. The van der Waals surface area contributed by atoms with Gasteiger partial charge in [0, 0.05) is 16.2 Å². The molecule has 1 N–H and O–H groups in total. The zero-order chi connectivity index (χ0) is 13.8. The number of hydrogen-bond acceptors (Lipinski definition) is 1. The Hall–Kier alpha value is -0.500. The van der Waals surface area contributed by atoms with E-state index in [1.54, 1.807) is 0 Å². The summed E-state index contributed by atoms with van der Waals surface area (Å²) >= 11 is 3.62. The van der Waals surface area contributed by atoms with Crippen molar-refractivity contribution in [1.82, 2.24) is 0 Å². The fourth-order valence-corrected chi connectivity index (χ4v) is 3.65. The van der Waals surface area contributed by atoms with E-state index in [4.69, 9.17) is 0 Å². The molecule has 2 unspecified atom stereocenters. The van der Waals surface area contributed by atoms with Crippen LogP contribution in [-0.2, 0) is 0 Å². The lowest BCUT2D eigenvalue weighted by atomic mass is 9.81. The van der Waals surface area contributed by atoms with Gasteiger partial charge in [-0.3, -0.25) is 0 Å². The fraction of sp³-hybridized carbons (Fsp3) is 0.647. The molecule has 1 aliphatic carbocycles. The molecule has 1 aliphatic rings. The van der Waals surface area contributed by atoms with Crippen LogP contribution in [-0.4, -0.2) is 6.04 Å². The first kappa shape index (κ1) is 14.9. The van der Waals surface area contributed by atoms with Crippen molar-refractivity contribution in [3.05, 3.63) is 28.2 Å². The molecule has 0 saturated heterocycles. The number of rotatable bonds is 4. The minimum absolute atomic E-state index is 0.658. The van der Waals surface area contributed by atoms with Crippen molar-refractivity contribution < 1.29 is 0 Å². The topological polar surface area (TPSA) is 12.0 Å². The fourth-order valence-electron chi connectivity index (χ4n) is 3.29. The highest BCUT2D eigenvalue weighted by molar-refractivity contribution is 9.10. The van der Waals surface area contributed by atoms with Crippen molar-refractivity contribution in [2.24, 2.45) is 11.8 Å². The summed E-state index contributed by atoms with van der Waals surface area (Å²) in [6.45, 7) is 6.87. The van der Waals surface area contributed by atoms with Crippen molar-refractivity contribution in [2.45, 2.75) is 58.9 Å². The maximum Gasteiger partial charge on any atom is 0.0383 e. The second-order valence-corrected chi connectivity index (χ2v) is 7.27. The molecule has 19 heavy (non-hydrogen) atoms. The number of halogens is 1. The predicted octanol–water partition coefficient (Wildman–Crippen LogP) is 5.77. The number of hydrogen-bond donors (Lipinski definition) is 1. The van der Waals surface area contributed by atoms with Crippen LogP contribution < -0.4 is 5.32 Å². The average Bonchev–Trinajstić information content (AvgIpc) is 2.35. The van der Waals surface area contributed by atoms with Gasteiger partial charge >= 0.3 is 0 Å². The van der Waals surface area contributed by atoms with E-state index < -0.39 is 0 Å². The Kier molecular flexibility index (Phi) is 5.32. The van der Waals surface area contributed by atoms with Crippen LogP contribution >= 0.6 is 15.9 Å². The van der Waals surface area contributed by atoms with Crippen molar-refractivity contribution in [2.75, 3.05) is 5.32 Å². The molecule has 0 spiro atoms. The van der Waals surface area contributed by atoms with Gasteiger partial charge < -0.3 is 5.32 Å². The van der Waals surface area contributed by atoms with Gasteiger partial charge in [0.2, 0.25) is 0 Å². The van der Waals surface area contributed by atoms with Crippen LogP contribution in [0.2, 0.25) is 0 Å². The molecule has 1 aromatic rings. The van der Waals surface area contributed by atoms with Crippen LogP contribution in [0.5, 0.6) is 0 Å². The molecule has 0 aromatic heterocycles. The summed E-state index contributed by atoms with van der Waals surface area (Å²) < 4.78 is 1.20. The Bertz CT molecular complexity index is 414. The molecule has 2 rings (SSSR count). The molecule has 106 valence electrons. The van der Waals surface area contributed by atoms with Gasteiger partial charge in [-0.05, 0) is 55.7 Å². The highest BCUT2D eigenvalue weighted by Crippen LogP contribution is 2.32. The van der Waals surface area contributed by atoms with Crippen LogP contribution in [0.25, 0.3) is 0 Å². The molecule has 2 heteroatoms. The van der Waals surface area contributed by atoms with E-state index >= 15 is 0 Å². The van der Waals surface area contributed by atoms with Gasteiger partial charge in [0.25, 0.3) is 0 Å². The molecule has 0 amide bonds. The summed E-state index contributed by atoms with van der Waals surface area (Å²) in [6, 6.07) is 7.09. The van der Waals surface area contributed by atoms with Crippen molar-refractivity contribution >= 4 is 21.6 Å². The molecule has 1 saturated carbocycles. The first-order chi connectivity index (χ1) is 9.06. The average molecular weight is 324 g/mol. The molecule has 0 heterocycles. The van der Waals surface area contributed by atoms with Crippen LogP contribution in [0.1, 0.15) is 51.5 Å². The van der Waals surface area contributed by atoms with E-state index in [2.05, 4.69) is 60.2 Å². The maximum absolute atomic E-state index is 3.76. The summed E-state index contributed by atoms with van der Waals surface area (Å²) in [5, 5.41) is 3.76. The van der Waals surface area contributed by atoms with Gasteiger partial charge in [0.15, 0.2) is 0 Å². The number of anilines is 1. The lowest BCUT2D eigenvalue weighted by Gasteiger charge is -2.32. The first-order valence-corrected chi connectivity index (χ1v) is 8.37. The third-order valence-corrected chi connectivity index (χ3v) is 5.07. The Morgan fingerprint density at radius 2 is 2.11 bits per heavy atom. The van der Waals surface area contributed by atoms with E-state index in [9.17, 15) is 0 Å². The van der Waals surface area contributed by atoms with Crippen LogP contribution in [0.15, 0.2) is 22.7 Å². The van der Waals surface area contributed by atoms with E-state index in [0.29, 0.717) is 6.04 Å². The van der Waals surface area contributed by atoms with Crippen LogP contribution in [0.4, 0.5) is 5.69 Å². The van der Waals surface area contributed by atoms with E-state index in [-0.39, 0.29) is 0 Å². The summed E-state index contributed by atoms with van der Waals surface area (Å²) in [5.74, 6) is 1.75. The van der Waals surface area contributed by atoms with Gasteiger partial charge in [-0.15, -0.1) is 0 Å². The van der Waals surface area contributed by atoms with Crippen LogP contribution in [0, 0.1) is 18.8 Å². The largest absolute Gasteiger partial charge is 0.382 e. The highest BCUT2D eigenvalue weighted by atomic mass is 79.9. The molecule has 0 radical (unpaired) electrons. The highest BCUT2D eigenvalue weighted by Gasteiger charge is 2.22. The smallest absolute Gasteiger partial charge is 0.0383 e. The van der Waals surface area contributed by atoms with Crippen molar-refractivity contribution in [3.8, 4) is 0 Å². The molecular formula is C17H26BrN. The molecule has 1 nitrogen and oxygen atoms in total. The van der Waals surface area contributed by atoms with Gasteiger partial charge in [0.05, 0.1) is 0 Å². The van der Waals surface area contributed by atoms with E-state index in [0.717, 1.165) is 11.8 Å². The number of nitrogens with one attached hydrogen (secondary N) is 1. The Balaban J connectivity index is 1.97. The van der Waals surface area contributed by atoms with Crippen LogP contribution in [0.3, 0.4) is 0 Å². The zero-order valence-corrected chi connectivity index (χ0v) is 14.0. The third kappa shape index (κ3) is 4.24. The van der Waals surface area contributed by atoms with Crippen molar-refractivity contribution in [1.29, 1.82) is 0 Å². The van der Waals surface area contributed by atoms with Gasteiger partial charge in [-0.2, -0.15) is 0 Å². The second kappa shape index (κ2) is 6.78. The standard InChI is InChI=1S/C17H26BrN/c1-12(2)10-14-6-4-7-15(11-14)19-17-9-5-8-16(18)13(17)3/h5,8-9,12,14-15,19H,4,6-7,10-11H2,1-3H3. The molecule has 0 bridgehead atoms. The lowest BCUT2D eigenvalue weighted by Crippen LogP contribution is -2.28. The molecule has 0 aliphatic heterocycles. The Morgan fingerprint density at radius 1 is 1.32 bits per heavy atom. The Labute approximate surface area is 126 Å². The SMILES string of the molecule is Cc1c(Br)cccc1NC1CCCC(CC(C)C)C1. The van der Waals surface area contributed by atoms with Gasteiger partial charge in [-0.1, -0.05) is 48.7 Å². The summed E-state index contributed by atoms with van der Waals surface area (Å²) in [7, 11) is 0. The molecule has 1 fully saturated rings. The summed E-state index contributed by atoms with van der Waals surface area (Å²) in [6.07, 6.45) is 6.84. The first-order valence-electron chi connectivity index (χ1n) is 7.58. The zero-order valence-electron chi connectivity index (χ0n) is 12.4. The Morgan fingerprint density at radius 3 is 2.84 bits per heavy atom. The minimum atomic E-state index is 0.658. The van der Waals surface area contributed by atoms with Crippen molar-refractivity contribution in [3.63, 3.8) is 0 Å². The second-order valence-electron chi connectivity index (χ2n) is 6.42. The quantitative estimate of drug-likeness (QED) is 0.741. The molecule has 2 atom stereocenters. The monoisotopic (exact) mass is 323 g/mol. The lowest BCUT2D eigenvalue weighted by molar-refractivity contribution is 0.289. The normalized spacial score (nSPS) is 23.6. The summed E-state index contributed by atoms with van der Waals surface area (Å²) in [4.78, 5) is 0. The van der Waals surface area contributed by atoms with Gasteiger partial charge in [-0.25, -0.2) is 0 Å². The number of benzene rings is 1. The molecular weight excluding hydrogens is 298 g/mol.